The number of aliphatic hydroxyl groups is 1. The van der Waals surface area contributed by atoms with E-state index in [1.165, 1.54) is 0 Å². The standard InChI is InChI=1S/C18H23ClN4O2/c19-17-12-23-18(21-3-4-24)8-16(17)14-7-15(11-20-10-14)22-9-13-1-5-25-6-2-13/h7-8,10-13,22,24H,1-6,9H2,(H,21,23). The predicted octanol–water partition coefficient (Wildman–Crippen LogP) is 3.04. The molecule has 0 amide bonds. The first-order chi connectivity index (χ1) is 12.3. The summed E-state index contributed by atoms with van der Waals surface area (Å²) in [6.45, 7) is 3.11. The zero-order chi connectivity index (χ0) is 17.5. The van der Waals surface area contributed by atoms with Gasteiger partial charge in [0.05, 0.1) is 17.3 Å². The zero-order valence-electron chi connectivity index (χ0n) is 14.0. The molecule has 1 aliphatic heterocycles. The SMILES string of the molecule is OCCNc1cc(-c2cncc(NCC3CCOCC3)c2)c(Cl)cn1. The van der Waals surface area contributed by atoms with E-state index in [9.17, 15) is 0 Å². The number of rotatable bonds is 7. The lowest BCUT2D eigenvalue weighted by molar-refractivity contribution is 0.0699. The fraction of sp³-hybridized carbons (Fsp3) is 0.444. The molecule has 25 heavy (non-hydrogen) atoms. The van der Waals surface area contributed by atoms with Crippen molar-refractivity contribution in [1.29, 1.82) is 0 Å². The van der Waals surface area contributed by atoms with Gasteiger partial charge in [0.15, 0.2) is 0 Å². The minimum atomic E-state index is 0.0484. The molecule has 6 nitrogen and oxygen atoms in total. The molecule has 0 aliphatic carbocycles. The lowest BCUT2D eigenvalue weighted by atomic mass is 10.0. The first kappa shape index (κ1) is 17.9. The van der Waals surface area contributed by atoms with E-state index >= 15 is 0 Å². The molecule has 2 aromatic rings. The normalized spacial score (nSPS) is 15.1. The summed E-state index contributed by atoms with van der Waals surface area (Å²) in [5.74, 6) is 1.31. The third-order valence-electron chi connectivity index (χ3n) is 4.26. The number of anilines is 2. The van der Waals surface area contributed by atoms with Crippen LogP contribution in [-0.4, -0.2) is 48.0 Å². The maximum atomic E-state index is 8.93. The van der Waals surface area contributed by atoms with Crippen molar-refractivity contribution in [2.24, 2.45) is 5.92 Å². The van der Waals surface area contributed by atoms with E-state index in [1.54, 1.807) is 12.4 Å². The summed E-state index contributed by atoms with van der Waals surface area (Å²) >= 11 is 6.31. The van der Waals surface area contributed by atoms with Crippen LogP contribution >= 0.6 is 11.6 Å². The van der Waals surface area contributed by atoms with Crippen molar-refractivity contribution in [2.45, 2.75) is 12.8 Å². The molecule has 0 atom stereocenters. The molecular formula is C18H23ClN4O2. The Balaban J connectivity index is 1.72. The summed E-state index contributed by atoms with van der Waals surface area (Å²) in [5, 5.41) is 16.0. The van der Waals surface area contributed by atoms with Gasteiger partial charge in [0.1, 0.15) is 5.82 Å². The second-order valence-electron chi connectivity index (χ2n) is 6.10. The molecular weight excluding hydrogens is 340 g/mol. The number of halogens is 1. The lowest BCUT2D eigenvalue weighted by Crippen LogP contribution is -2.22. The minimum Gasteiger partial charge on any atom is -0.395 e. The van der Waals surface area contributed by atoms with Crippen LogP contribution in [0, 0.1) is 5.92 Å². The Morgan fingerprint density at radius 3 is 2.80 bits per heavy atom. The second-order valence-corrected chi connectivity index (χ2v) is 6.51. The molecule has 0 radical (unpaired) electrons. The van der Waals surface area contributed by atoms with E-state index in [0.29, 0.717) is 23.3 Å². The van der Waals surface area contributed by atoms with Gasteiger partial charge in [0, 0.05) is 56.0 Å². The van der Waals surface area contributed by atoms with Crippen LogP contribution in [0.15, 0.2) is 30.7 Å². The molecule has 3 N–H and O–H groups in total. The van der Waals surface area contributed by atoms with Gasteiger partial charge in [-0.05, 0) is 30.9 Å². The van der Waals surface area contributed by atoms with Gasteiger partial charge in [-0.3, -0.25) is 4.98 Å². The number of hydrogen-bond donors (Lipinski definition) is 3. The van der Waals surface area contributed by atoms with E-state index in [2.05, 4.69) is 20.6 Å². The molecule has 2 aromatic heterocycles. The molecule has 0 spiro atoms. The number of pyridine rings is 2. The first-order valence-electron chi connectivity index (χ1n) is 8.53. The third-order valence-corrected chi connectivity index (χ3v) is 4.56. The molecule has 3 rings (SSSR count). The van der Waals surface area contributed by atoms with E-state index in [1.807, 2.05) is 18.3 Å². The Kier molecular flexibility index (Phi) is 6.44. The van der Waals surface area contributed by atoms with Crippen LogP contribution in [0.4, 0.5) is 11.5 Å². The summed E-state index contributed by atoms with van der Waals surface area (Å²) < 4.78 is 5.40. The van der Waals surface area contributed by atoms with E-state index in [-0.39, 0.29) is 6.61 Å². The molecule has 7 heteroatoms. The van der Waals surface area contributed by atoms with Crippen LogP contribution in [0.3, 0.4) is 0 Å². The average molecular weight is 363 g/mol. The number of aliphatic hydroxyl groups excluding tert-OH is 1. The molecule has 1 saturated heterocycles. The number of nitrogens with one attached hydrogen (secondary N) is 2. The van der Waals surface area contributed by atoms with Crippen molar-refractivity contribution < 1.29 is 9.84 Å². The average Bonchev–Trinajstić information content (AvgIpc) is 2.67. The van der Waals surface area contributed by atoms with Crippen molar-refractivity contribution >= 4 is 23.1 Å². The maximum absolute atomic E-state index is 8.93. The smallest absolute Gasteiger partial charge is 0.126 e. The number of hydrogen-bond acceptors (Lipinski definition) is 6. The number of ether oxygens (including phenoxy) is 1. The summed E-state index contributed by atoms with van der Waals surface area (Å²) in [5.41, 5.74) is 2.76. The molecule has 0 aromatic carbocycles. The Labute approximate surface area is 152 Å². The van der Waals surface area contributed by atoms with Crippen LogP contribution in [0.2, 0.25) is 5.02 Å². The van der Waals surface area contributed by atoms with Gasteiger partial charge in [-0.25, -0.2) is 4.98 Å². The van der Waals surface area contributed by atoms with Crippen molar-refractivity contribution in [2.75, 3.05) is 43.5 Å². The van der Waals surface area contributed by atoms with E-state index in [4.69, 9.17) is 21.4 Å². The Morgan fingerprint density at radius 1 is 1.16 bits per heavy atom. The summed E-state index contributed by atoms with van der Waals surface area (Å²) in [7, 11) is 0. The van der Waals surface area contributed by atoms with Crippen LogP contribution in [0.5, 0.6) is 0 Å². The Morgan fingerprint density at radius 2 is 2.00 bits per heavy atom. The largest absolute Gasteiger partial charge is 0.395 e. The summed E-state index contributed by atoms with van der Waals surface area (Å²) in [4.78, 5) is 8.55. The van der Waals surface area contributed by atoms with Gasteiger partial charge in [-0.2, -0.15) is 0 Å². The van der Waals surface area contributed by atoms with Crippen LogP contribution in [0.25, 0.3) is 11.1 Å². The topological polar surface area (TPSA) is 79.3 Å². The highest BCUT2D eigenvalue weighted by Gasteiger charge is 2.14. The molecule has 1 aliphatic rings. The van der Waals surface area contributed by atoms with Crippen molar-refractivity contribution in [3.05, 3.63) is 35.7 Å². The monoisotopic (exact) mass is 362 g/mol. The van der Waals surface area contributed by atoms with Crippen molar-refractivity contribution in [3.63, 3.8) is 0 Å². The number of aromatic nitrogens is 2. The Hall–Kier alpha value is -1.89. The highest BCUT2D eigenvalue weighted by atomic mass is 35.5. The van der Waals surface area contributed by atoms with Gasteiger partial charge in [0.25, 0.3) is 0 Å². The Bertz CT molecular complexity index is 693. The molecule has 0 bridgehead atoms. The molecule has 134 valence electrons. The highest BCUT2D eigenvalue weighted by molar-refractivity contribution is 6.33. The molecule has 0 unspecified atom stereocenters. The molecule has 1 fully saturated rings. The fourth-order valence-electron chi connectivity index (χ4n) is 2.84. The fourth-order valence-corrected chi connectivity index (χ4v) is 3.05. The first-order valence-corrected chi connectivity index (χ1v) is 8.91. The van der Waals surface area contributed by atoms with Gasteiger partial charge in [-0.15, -0.1) is 0 Å². The van der Waals surface area contributed by atoms with Gasteiger partial charge in [0.2, 0.25) is 0 Å². The molecule has 3 heterocycles. The van der Waals surface area contributed by atoms with Crippen LogP contribution < -0.4 is 10.6 Å². The lowest BCUT2D eigenvalue weighted by Gasteiger charge is -2.22. The van der Waals surface area contributed by atoms with Gasteiger partial charge >= 0.3 is 0 Å². The highest BCUT2D eigenvalue weighted by Crippen LogP contribution is 2.30. The maximum Gasteiger partial charge on any atom is 0.126 e. The van der Waals surface area contributed by atoms with Crippen LogP contribution in [-0.2, 0) is 4.74 Å². The van der Waals surface area contributed by atoms with Gasteiger partial charge < -0.3 is 20.5 Å². The van der Waals surface area contributed by atoms with Crippen LogP contribution in [0.1, 0.15) is 12.8 Å². The second kappa shape index (κ2) is 8.99. The summed E-state index contributed by atoms with van der Waals surface area (Å²) in [6, 6.07) is 3.92. The zero-order valence-corrected chi connectivity index (χ0v) is 14.8. The van der Waals surface area contributed by atoms with Gasteiger partial charge in [-0.1, -0.05) is 11.6 Å². The minimum absolute atomic E-state index is 0.0484. The van der Waals surface area contributed by atoms with Crippen molar-refractivity contribution in [1.82, 2.24) is 9.97 Å². The number of nitrogens with zero attached hydrogens (tertiary/aromatic N) is 2. The predicted molar refractivity (Wildman–Crippen MR) is 100 cm³/mol. The quantitative estimate of drug-likeness (QED) is 0.702. The third kappa shape index (κ3) is 5.04. The van der Waals surface area contributed by atoms with E-state index < -0.39 is 0 Å². The van der Waals surface area contributed by atoms with E-state index in [0.717, 1.165) is 49.4 Å². The summed E-state index contributed by atoms with van der Waals surface area (Å²) in [6.07, 6.45) is 7.41. The van der Waals surface area contributed by atoms with Crippen molar-refractivity contribution in [3.8, 4) is 11.1 Å². The molecule has 0 saturated carbocycles.